The maximum atomic E-state index is 14.1. The van der Waals surface area contributed by atoms with Crippen molar-refractivity contribution in [3.05, 3.63) is 95.1 Å². The summed E-state index contributed by atoms with van der Waals surface area (Å²) in [4.78, 5) is 25.6. The van der Waals surface area contributed by atoms with Gasteiger partial charge >= 0.3 is 0 Å². The van der Waals surface area contributed by atoms with Crippen molar-refractivity contribution in [2.75, 3.05) is 7.11 Å². The highest BCUT2D eigenvalue weighted by atomic mass is 19.1. The van der Waals surface area contributed by atoms with Gasteiger partial charge in [-0.2, -0.15) is 0 Å². The fourth-order valence-corrected chi connectivity index (χ4v) is 3.13. The van der Waals surface area contributed by atoms with Crippen LogP contribution in [0.3, 0.4) is 0 Å². The summed E-state index contributed by atoms with van der Waals surface area (Å²) in [6.07, 6.45) is -1.29. The summed E-state index contributed by atoms with van der Waals surface area (Å²) in [6, 6.07) is 15.7. The Bertz CT molecular complexity index is 1090. The van der Waals surface area contributed by atoms with Crippen LogP contribution in [0, 0.1) is 11.6 Å². The van der Waals surface area contributed by atoms with Crippen LogP contribution in [0.2, 0.25) is 0 Å². The fourth-order valence-electron chi connectivity index (χ4n) is 3.13. The third-order valence-corrected chi connectivity index (χ3v) is 4.67. The number of amides is 2. The van der Waals surface area contributed by atoms with Gasteiger partial charge in [0.15, 0.2) is 11.5 Å². The zero-order valence-electron chi connectivity index (χ0n) is 18.4. The monoisotopic (exact) mass is 454 g/mol. The van der Waals surface area contributed by atoms with E-state index < -0.39 is 29.6 Å². The van der Waals surface area contributed by atoms with Crippen LogP contribution in [0.4, 0.5) is 8.78 Å². The topological polar surface area (TPSA) is 76.7 Å². The lowest BCUT2D eigenvalue weighted by atomic mass is 10.1. The van der Waals surface area contributed by atoms with Crippen LogP contribution < -0.4 is 20.1 Å². The lowest BCUT2D eigenvalue weighted by molar-refractivity contribution is 0.0879. The Kier molecular flexibility index (Phi) is 7.61. The minimum absolute atomic E-state index is 0.173. The fraction of sp³-hybridized carbons (Fsp3) is 0.200. The van der Waals surface area contributed by atoms with E-state index in [4.69, 9.17) is 9.47 Å². The minimum Gasteiger partial charge on any atom is -0.493 e. The highest BCUT2D eigenvalue weighted by Gasteiger charge is 2.23. The summed E-state index contributed by atoms with van der Waals surface area (Å²) < 4.78 is 39.4. The molecule has 2 amide bonds. The predicted molar refractivity (Wildman–Crippen MR) is 119 cm³/mol. The zero-order chi connectivity index (χ0) is 24.0. The molecule has 0 aliphatic heterocycles. The number of nitrogens with one attached hydrogen (secondary N) is 2. The van der Waals surface area contributed by atoms with Crippen molar-refractivity contribution in [3.8, 4) is 11.5 Å². The number of benzene rings is 3. The summed E-state index contributed by atoms with van der Waals surface area (Å²) in [5, 5.41) is 5.20. The average Bonchev–Trinajstić information content (AvgIpc) is 2.78. The molecule has 0 spiro atoms. The van der Waals surface area contributed by atoms with Gasteiger partial charge in [0.25, 0.3) is 11.8 Å². The van der Waals surface area contributed by atoms with E-state index in [1.165, 1.54) is 43.5 Å². The van der Waals surface area contributed by atoms with Crippen LogP contribution in [0.25, 0.3) is 0 Å². The normalized spacial score (nSPS) is 10.8. The average molecular weight is 454 g/mol. The number of carbonyl (C=O) groups excluding carboxylic acids is 2. The summed E-state index contributed by atoms with van der Waals surface area (Å²) in [7, 11) is 1.49. The highest BCUT2D eigenvalue weighted by molar-refractivity contribution is 5.97. The molecule has 0 aromatic heterocycles. The molecule has 0 bridgehead atoms. The van der Waals surface area contributed by atoms with Gasteiger partial charge < -0.3 is 20.1 Å². The molecule has 172 valence electrons. The molecule has 0 radical (unpaired) electrons. The second-order valence-electron chi connectivity index (χ2n) is 7.42. The molecule has 3 aromatic carbocycles. The van der Waals surface area contributed by atoms with Gasteiger partial charge in [0, 0.05) is 0 Å². The van der Waals surface area contributed by atoms with Crippen LogP contribution in [0.1, 0.15) is 46.3 Å². The van der Waals surface area contributed by atoms with Crippen molar-refractivity contribution in [1.82, 2.24) is 10.6 Å². The van der Waals surface area contributed by atoms with Gasteiger partial charge in [-0.3, -0.25) is 9.59 Å². The Morgan fingerprint density at radius 1 is 0.788 bits per heavy atom. The summed E-state index contributed by atoms with van der Waals surface area (Å²) >= 11 is 0. The predicted octanol–water partition coefficient (Wildman–Crippen LogP) is 4.62. The van der Waals surface area contributed by atoms with Crippen LogP contribution >= 0.6 is 0 Å². The molecule has 3 rings (SSSR count). The largest absolute Gasteiger partial charge is 0.493 e. The van der Waals surface area contributed by atoms with Gasteiger partial charge in [-0.05, 0) is 55.8 Å². The Morgan fingerprint density at radius 3 is 1.76 bits per heavy atom. The third-order valence-electron chi connectivity index (χ3n) is 4.67. The van der Waals surface area contributed by atoms with Crippen molar-refractivity contribution >= 4 is 11.8 Å². The van der Waals surface area contributed by atoms with Gasteiger partial charge in [-0.15, -0.1) is 0 Å². The van der Waals surface area contributed by atoms with Crippen LogP contribution in [-0.4, -0.2) is 25.0 Å². The number of hydrogen-bond donors (Lipinski definition) is 2. The molecule has 0 unspecified atom stereocenters. The molecule has 0 fully saturated rings. The van der Waals surface area contributed by atoms with Gasteiger partial charge in [-0.1, -0.05) is 30.3 Å². The zero-order valence-corrected chi connectivity index (χ0v) is 18.4. The van der Waals surface area contributed by atoms with Gasteiger partial charge in [0.2, 0.25) is 0 Å². The third kappa shape index (κ3) is 5.85. The van der Waals surface area contributed by atoms with Gasteiger partial charge in [0.05, 0.1) is 24.3 Å². The van der Waals surface area contributed by atoms with Crippen LogP contribution in [0.5, 0.6) is 11.5 Å². The van der Waals surface area contributed by atoms with E-state index in [0.717, 1.165) is 12.1 Å². The lowest BCUT2D eigenvalue weighted by Crippen LogP contribution is -2.41. The van der Waals surface area contributed by atoms with E-state index in [0.29, 0.717) is 17.1 Å². The lowest BCUT2D eigenvalue weighted by Gasteiger charge is -2.23. The first kappa shape index (κ1) is 23.7. The Hall–Kier alpha value is -3.94. The molecule has 2 N–H and O–H groups in total. The molecule has 8 heteroatoms. The van der Waals surface area contributed by atoms with Crippen LogP contribution in [0.15, 0.2) is 66.7 Å². The van der Waals surface area contributed by atoms with Crippen molar-refractivity contribution in [2.24, 2.45) is 0 Å². The second-order valence-corrected chi connectivity index (χ2v) is 7.42. The van der Waals surface area contributed by atoms with E-state index in [9.17, 15) is 18.4 Å². The van der Waals surface area contributed by atoms with E-state index >= 15 is 0 Å². The Morgan fingerprint density at radius 2 is 1.30 bits per heavy atom. The Labute approximate surface area is 190 Å². The van der Waals surface area contributed by atoms with Crippen molar-refractivity contribution in [3.63, 3.8) is 0 Å². The van der Waals surface area contributed by atoms with Crippen molar-refractivity contribution in [2.45, 2.75) is 26.1 Å². The molecule has 6 nitrogen and oxygen atoms in total. The molecule has 0 aliphatic carbocycles. The number of rotatable bonds is 8. The van der Waals surface area contributed by atoms with E-state index in [1.54, 1.807) is 18.2 Å². The standard InChI is InChI=1S/C25H24F2N2O4/c1-15(2)33-22-14-16(12-13-21(22)32-3)23(28-24(30)17-8-4-6-10-19(17)26)29-25(31)18-9-5-7-11-20(18)27/h4-15,23H,1-3H3,(H,28,30)(H,29,31). The number of carbonyl (C=O) groups is 2. The number of hydrogen-bond acceptors (Lipinski definition) is 4. The van der Waals surface area contributed by atoms with Gasteiger partial charge in [-0.25, -0.2) is 8.78 Å². The molecule has 3 aromatic rings. The first-order valence-corrected chi connectivity index (χ1v) is 10.3. The number of halogens is 2. The quantitative estimate of drug-likeness (QED) is 0.487. The van der Waals surface area contributed by atoms with Crippen molar-refractivity contribution < 1.29 is 27.8 Å². The molecule has 0 heterocycles. The van der Waals surface area contributed by atoms with Crippen LogP contribution in [-0.2, 0) is 0 Å². The molecular formula is C25H24F2N2O4. The Balaban J connectivity index is 1.98. The maximum absolute atomic E-state index is 14.1. The maximum Gasteiger partial charge on any atom is 0.256 e. The first-order valence-electron chi connectivity index (χ1n) is 10.3. The number of ether oxygens (including phenoxy) is 2. The summed E-state index contributed by atoms with van der Waals surface area (Å²) in [5.41, 5.74) is 0.0189. The highest BCUT2D eigenvalue weighted by Crippen LogP contribution is 2.31. The van der Waals surface area contributed by atoms with E-state index in [-0.39, 0.29) is 17.2 Å². The molecule has 0 atom stereocenters. The number of methoxy groups -OCH3 is 1. The second kappa shape index (κ2) is 10.6. The van der Waals surface area contributed by atoms with Gasteiger partial charge in [0.1, 0.15) is 17.8 Å². The minimum atomic E-state index is -1.12. The summed E-state index contributed by atoms with van der Waals surface area (Å²) in [5.74, 6) is -2.11. The van der Waals surface area contributed by atoms with E-state index in [2.05, 4.69) is 10.6 Å². The van der Waals surface area contributed by atoms with Crippen molar-refractivity contribution in [1.29, 1.82) is 0 Å². The SMILES string of the molecule is COc1ccc(C(NC(=O)c2ccccc2F)NC(=O)c2ccccc2F)cc1OC(C)C. The van der Waals surface area contributed by atoms with E-state index in [1.807, 2.05) is 13.8 Å². The summed E-state index contributed by atoms with van der Waals surface area (Å²) in [6.45, 7) is 3.67. The first-order chi connectivity index (χ1) is 15.8. The smallest absolute Gasteiger partial charge is 0.256 e. The molecule has 0 aliphatic rings. The molecule has 33 heavy (non-hydrogen) atoms. The molecule has 0 saturated carbocycles. The molecule has 0 saturated heterocycles. The molecular weight excluding hydrogens is 430 g/mol.